The van der Waals surface area contributed by atoms with Gasteiger partial charge in [0.2, 0.25) is 16.1 Å². The van der Waals surface area contributed by atoms with Gasteiger partial charge in [-0.1, -0.05) is 27.5 Å². The molecule has 1 aliphatic heterocycles. The van der Waals surface area contributed by atoms with Crippen molar-refractivity contribution in [1.82, 2.24) is 0 Å². The fourth-order valence-corrected chi connectivity index (χ4v) is 3.50. The Kier molecular flexibility index (Phi) is 3.50. The van der Waals surface area contributed by atoms with Gasteiger partial charge < -0.3 is 9.84 Å². The molecule has 8 heteroatoms. The molecule has 1 atom stereocenters. The highest BCUT2D eigenvalue weighted by Gasteiger charge is 2.40. The number of rotatable bonds is 2. The minimum absolute atomic E-state index is 0.0869. The minimum atomic E-state index is -4.06. The highest BCUT2D eigenvalue weighted by molar-refractivity contribution is 9.10. The van der Waals surface area contributed by atoms with Crippen molar-refractivity contribution < 1.29 is 23.1 Å². The maximum absolute atomic E-state index is 12.2. The van der Waals surface area contributed by atoms with Gasteiger partial charge in [0.25, 0.3) is 0 Å². The summed E-state index contributed by atoms with van der Waals surface area (Å²) in [5, 5.41) is 8.79. The number of hydrogen-bond donors (Lipinski definition) is 1. The molecule has 0 aliphatic carbocycles. The number of benzene rings is 1. The summed E-state index contributed by atoms with van der Waals surface area (Å²) < 4.78 is 29.4. The lowest BCUT2D eigenvalue weighted by Gasteiger charge is -2.08. The summed E-state index contributed by atoms with van der Waals surface area (Å²) in [6.07, 6.45) is -1.86. The Morgan fingerprint density at radius 2 is 1.83 bits per heavy atom. The van der Waals surface area contributed by atoms with Crippen LogP contribution in [0.15, 0.2) is 43.6 Å². The molecule has 0 aromatic heterocycles. The number of aliphatic hydroxyl groups is 1. The van der Waals surface area contributed by atoms with Gasteiger partial charge in [0.15, 0.2) is 0 Å². The van der Waals surface area contributed by atoms with Crippen LogP contribution in [0.3, 0.4) is 0 Å². The second-order valence-electron chi connectivity index (χ2n) is 3.39. The number of cyclic esters (lactones) is 1. The average molecular weight is 354 g/mol. The first kappa shape index (κ1) is 13.5. The molecule has 1 aromatic carbocycles. The van der Waals surface area contributed by atoms with Crippen molar-refractivity contribution in [3.8, 4) is 0 Å². The number of aliphatic hydroxyl groups excluding tert-OH is 1. The van der Waals surface area contributed by atoms with Gasteiger partial charge in [0.05, 0.1) is 4.90 Å². The van der Waals surface area contributed by atoms with E-state index < -0.39 is 32.0 Å². The Morgan fingerprint density at radius 1 is 1.28 bits per heavy atom. The third-order valence-corrected chi connectivity index (χ3v) is 5.13. The van der Waals surface area contributed by atoms with Crippen LogP contribution in [0.5, 0.6) is 0 Å². The molecule has 1 unspecified atom stereocenters. The second kappa shape index (κ2) is 4.65. The molecule has 1 N–H and O–H groups in total. The van der Waals surface area contributed by atoms with E-state index >= 15 is 0 Å². The Labute approximate surface area is 116 Å². The number of carbonyl (C=O) groups is 1. The van der Waals surface area contributed by atoms with Crippen LogP contribution >= 0.6 is 27.5 Å². The van der Waals surface area contributed by atoms with Crippen LogP contribution < -0.4 is 0 Å². The van der Waals surface area contributed by atoms with Crippen molar-refractivity contribution in [3.05, 3.63) is 38.7 Å². The second-order valence-corrected chi connectivity index (χ2v) is 6.61. The van der Waals surface area contributed by atoms with Gasteiger partial charge in [0.1, 0.15) is 9.94 Å². The number of sulfone groups is 1. The number of ether oxygens (including phenoxy) is 1. The summed E-state index contributed by atoms with van der Waals surface area (Å²) in [6.45, 7) is 0. The molecule has 96 valence electrons. The molecule has 0 bridgehead atoms. The zero-order chi connectivity index (χ0) is 13.5. The highest BCUT2D eigenvalue weighted by Crippen LogP contribution is 2.33. The summed E-state index contributed by atoms with van der Waals surface area (Å²) >= 11 is 8.71. The Morgan fingerprint density at radius 3 is 2.28 bits per heavy atom. The number of esters is 1. The molecular formula is C10H6BrClO5S. The topological polar surface area (TPSA) is 80.7 Å². The molecule has 2 rings (SSSR count). The maximum Gasteiger partial charge on any atom is 0.353 e. The molecule has 5 nitrogen and oxygen atoms in total. The van der Waals surface area contributed by atoms with Crippen LogP contribution in [0.2, 0.25) is 0 Å². The molecule has 0 amide bonds. The molecule has 0 radical (unpaired) electrons. The normalized spacial score (nSPS) is 20.2. The van der Waals surface area contributed by atoms with Gasteiger partial charge in [-0.3, -0.25) is 0 Å². The molecule has 0 fully saturated rings. The molecule has 0 spiro atoms. The van der Waals surface area contributed by atoms with E-state index in [0.717, 1.165) is 0 Å². The first-order valence-corrected chi connectivity index (χ1v) is 7.29. The fourth-order valence-electron chi connectivity index (χ4n) is 1.41. The maximum atomic E-state index is 12.2. The summed E-state index contributed by atoms with van der Waals surface area (Å²) in [5.41, 5.74) is 0. The van der Waals surface area contributed by atoms with Gasteiger partial charge in [0, 0.05) is 4.47 Å². The van der Waals surface area contributed by atoms with E-state index in [0.29, 0.717) is 4.47 Å². The SMILES string of the molecule is O=C1OC(O)C(S(=O)(=O)c2ccc(Br)cc2)=C1Cl. The Balaban J connectivity index is 2.56. The van der Waals surface area contributed by atoms with Crippen molar-refractivity contribution in [2.45, 2.75) is 11.2 Å². The van der Waals surface area contributed by atoms with E-state index in [9.17, 15) is 18.3 Å². The Hall–Kier alpha value is -0.890. The largest absolute Gasteiger partial charge is 0.426 e. The van der Waals surface area contributed by atoms with Gasteiger partial charge in [-0.05, 0) is 24.3 Å². The molecule has 0 saturated heterocycles. The van der Waals surface area contributed by atoms with Gasteiger partial charge in [-0.25, -0.2) is 13.2 Å². The molecule has 1 aromatic rings. The van der Waals surface area contributed by atoms with E-state index in [4.69, 9.17) is 11.6 Å². The standard InChI is InChI=1S/C10H6BrClO5S/c11-5-1-3-6(4-2-5)18(15,16)8-7(12)9(13)17-10(8)14/h1-4,10,14H. The van der Waals surface area contributed by atoms with Gasteiger partial charge in [-0.2, -0.15) is 0 Å². The predicted octanol–water partition coefficient (Wildman–Crippen LogP) is 1.55. The van der Waals surface area contributed by atoms with Crippen molar-refractivity contribution in [2.24, 2.45) is 0 Å². The first-order chi connectivity index (χ1) is 8.34. The average Bonchev–Trinajstić information content (AvgIpc) is 2.54. The van der Waals surface area contributed by atoms with Crippen molar-refractivity contribution >= 4 is 43.3 Å². The zero-order valence-corrected chi connectivity index (χ0v) is 11.8. The van der Waals surface area contributed by atoms with Crippen LogP contribution in [0.4, 0.5) is 0 Å². The van der Waals surface area contributed by atoms with Crippen molar-refractivity contribution in [1.29, 1.82) is 0 Å². The highest BCUT2D eigenvalue weighted by atomic mass is 79.9. The van der Waals surface area contributed by atoms with Crippen LogP contribution in [0, 0.1) is 0 Å². The Bertz CT molecular complexity index is 635. The van der Waals surface area contributed by atoms with E-state index in [1.54, 1.807) is 0 Å². The minimum Gasteiger partial charge on any atom is -0.426 e. The summed E-state index contributed by atoms with van der Waals surface area (Å²) in [6, 6.07) is 5.69. The molecule has 1 heterocycles. The molecule has 0 saturated carbocycles. The van der Waals surface area contributed by atoms with E-state index in [1.807, 2.05) is 0 Å². The predicted molar refractivity (Wildman–Crippen MR) is 66.3 cm³/mol. The number of hydrogen-bond acceptors (Lipinski definition) is 5. The summed E-state index contributed by atoms with van der Waals surface area (Å²) in [7, 11) is -4.06. The zero-order valence-electron chi connectivity index (χ0n) is 8.63. The monoisotopic (exact) mass is 352 g/mol. The van der Waals surface area contributed by atoms with Crippen molar-refractivity contribution in [3.63, 3.8) is 0 Å². The van der Waals surface area contributed by atoms with Crippen LogP contribution in [0.1, 0.15) is 0 Å². The van der Waals surface area contributed by atoms with E-state index in [2.05, 4.69) is 20.7 Å². The molecule has 1 aliphatic rings. The smallest absolute Gasteiger partial charge is 0.353 e. The van der Waals surface area contributed by atoms with Crippen LogP contribution in [-0.4, -0.2) is 25.8 Å². The van der Waals surface area contributed by atoms with Crippen molar-refractivity contribution in [2.75, 3.05) is 0 Å². The quantitative estimate of drug-likeness (QED) is 0.816. The lowest BCUT2D eigenvalue weighted by molar-refractivity contribution is -0.150. The van der Waals surface area contributed by atoms with Crippen LogP contribution in [-0.2, 0) is 19.4 Å². The van der Waals surface area contributed by atoms with Gasteiger partial charge >= 0.3 is 5.97 Å². The lowest BCUT2D eigenvalue weighted by atomic mass is 10.4. The summed E-state index contributed by atoms with van der Waals surface area (Å²) in [5.74, 6) is -1.06. The van der Waals surface area contributed by atoms with Gasteiger partial charge in [-0.15, -0.1) is 0 Å². The summed E-state index contributed by atoms with van der Waals surface area (Å²) in [4.78, 5) is 10.4. The number of carbonyl (C=O) groups excluding carboxylic acids is 1. The van der Waals surface area contributed by atoms with E-state index in [1.165, 1.54) is 24.3 Å². The fraction of sp³-hybridized carbons (Fsp3) is 0.100. The molecular weight excluding hydrogens is 348 g/mol. The van der Waals surface area contributed by atoms with Crippen LogP contribution in [0.25, 0.3) is 0 Å². The molecule has 18 heavy (non-hydrogen) atoms. The third kappa shape index (κ3) is 2.18. The van der Waals surface area contributed by atoms with E-state index in [-0.39, 0.29) is 4.90 Å². The first-order valence-electron chi connectivity index (χ1n) is 4.63. The number of halogens is 2. The third-order valence-electron chi connectivity index (χ3n) is 2.25. The lowest BCUT2D eigenvalue weighted by Crippen LogP contribution is -2.17.